The zero-order chi connectivity index (χ0) is 24.8. The van der Waals surface area contributed by atoms with Crippen molar-refractivity contribution < 1.29 is 4.74 Å². The molecular weight excluding hydrogens is 444 g/mol. The number of fused-ring (bicyclic) bond motifs is 1. The Balaban J connectivity index is 1.51. The predicted octanol–water partition coefficient (Wildman–Crippen LogP) is 3.51. The highest BCUT2D eigenvalue weighted by Crippen LogP contribution is 2.25. The molecule has 0 aliphatic carbocycles. The second kappa shape index (κ2) is 11.5. The van der Waals surface area contributed by atoms with Gasteiger partial charge in [0.1, 0.15) is 5.75 Å². The fourth-order valence-corrected chi connectivity index (χ4v) is 4.86. The number of imidazole rings is 1. The summed E-state index contributed by atoms with van der Waals surface area (Å²) in [6, 6.07) is 8.13. The molecule has 0 unspecified atom stereocenters. The van der Waals surface area contributed by atoms with Gasteiger partial charge in [0.05, 0.1) is 7.11 Å². The molecule has 9 heteroatoms. The lowest BCUT2D eigenvalue weighted by Gasteiger charge is -2.36. The third-order valence-corrected chi connectivity index (χ3v) is 6.97. The van der Waals surface area contributed by atoms with Crippen molar-refractivity contribution in [2.45, 2.75) is 58.4 Å². The van der Waals surface area contributed by atoms with Crippen LogP contribution < -0.4 is 25.8 Å². The van der Waals surface area contributed by atoms with E-state index in [0.717, 1.165) is 57.3 Å². The van der Waals surface area contributed by atoms with Crippen molar-refractivity contribution in [2.75, 3.05) is 43.1 Å². The Kier molecular flexibility index (Phi) is 8.15. The molecule has 3 heterocycles. The molecule has 0 spiro atoms. The number of aryl methyl sites for hydroxylation is 2. The van der Waals surface area contributed by atoms with Crippen molar-refractivity contribution in [3.8, 4) is 5.75 Å². The summed E-state index contributed by atoms with van der Waals surface area (Å²) in [6.45, 7) is 6.23. The predicted molar refractivity (Wildman–Crippen MR) is 141 cm³/mol. The summed E-state index contributed by atoms with van der Waals surface area (Å²) in [5, 5.41) is 0. The summed E-state index contributed by atoms with van der Waals surface area (Å²) >= 11 is 0. The Morgan fingerprint density at radius 2 is 1.54 bits per heavy atom. The Labute approximate surface area is 206 Å². The third-order valence-electron chi connectivity index (χ3n) is 6.97. The number of ether oxygens (including phenoxy) is 1. The van der Waals surface area contributed by atoms with Gasteiger partial charge in [-0.2, -0.15) is 4.98 Å². The van der Waals surface area contributed by atoms with E-state index in [1.807, 2.05) is 16.7 Å². The zero-order valence-electron chi connectivity index (χ0n) is 21.3. The molecule has 1 N–H and O–H groups in total. The van der Waals surface area contributed by atoms with Gasteiger partial charge in [-0.3, -0.25) is 14.3 Å². The molecule has 4 rings (SSSR count). The maximum atomic E-state index is 12.8. The number of hydrogen-bond donors (Lipinski definition) is 1. The molecule has 1 fully saturated rings. The Morgan fingerprint density at radius 1 is 0.914 bits per heavy atom. The molecule has 1 saturated heterocycles. The van der Waals surface area contributed by atoms with E-state index in [1.165, 1.54) is 42.4 Å². The quantitative estimate of drug-likeness (QED) is 0.421. The van der Waals surface area contributed by atoms with Gasteiger partial charge in [-0.15, -0.1) is 0 Å². The topological polar surface area (TPSA) is 88.4 Å². The second-order valence-electron chi connectivity index (χ2n) is 9.35. The highest BCUT2D eigenvalue weighted by atomic mass is 16.5. The molecule has 0 bridgehead atoms. The minimum Gasteiger partial charge on any atom is -0.497 e. The van der Waals surface area contributed by atoms with Gasteiger partial charge in [-0.1, -0.05) is 45.4 Å². The van der Waals surface area contributed by atoms with E-state index in [9.17, 15) is 9.59 Å². The molecular formula is C26H38N6O3. The monoisotopic (exact) mass is 482 g/mol. The highest BCUT2D eigenvalue weighted by Gasteiger charge is 2.25. The number of nitrogens with zero attached hydrogens (tertiary/aromatic N) is 5. The first-order valence-corrected chi connectivity index (χ1v) is 12.9. The van der Waals surface area contributed by atoms with Crippen LogP contribution in [0.3, 0.4) is 0 Å². The van der Waals surface area contributed by atoms with Gasteiger partial charge in [0.15, 0.2) is 11.2 Å². The van der Waals surface area contributed by atoms with E-state index in [-0.39, 0.29) is 5.56 Å². The second-order valence-corrected chi connectivity index (χ2v) is 9.35. The summed E-state index contributed by atoms with van der Waals surface area (Å²) in [5.41, 5.74) is 1.32. The average molecular weight is 483 g/mol. The van der Waals surface area contributed by atoms with E-state index in [1.54, 1.807) is 14.2 Å². The molecule has 0 amide bonds. The maximum absolute atomic E-state index is 12.8. The van der Waals surface area contributed by atoms with Gasteiger partial charge in [0.25, 0.3) is 5.56 Å². The molecule has 9 nitrogen and oxygen atoms in total. The van der Waals surface area contributed by atoms with Crippen LogP contribution >= 0.6 is 0 Å². The summed E-state index contributed by atoms with van der Waals surface area (Å²) in [6.07, 6.45) is 8.40. The molecule has 190 valence electrons. The number of nitrogens with one attached hydrogen (secondary N) is 1. The van der Waals surface area contributed by atoms with Gasteiger partial charge in [-0.25, -0.2) is 4.79 Å². The lowest BCUT2D eigenvalue weighted by molar-refractivity contribution is 0.415. The number of hydrogen-bond acceptors (Lipinski definition) is 6. The molecule has 35 heavy (non-hydrogen) atoms. The van der Waals surface area contributed by atoms with Crippen molar-refractivity contribution in [2.24, 2.45) is 7.05 Å². The van der Waals surface area contributed by atoms with Crippen molar-refractivity contribution >= 4 is 22.8 Å². The lowest BCUT2D eigenvalue weighted by Crippen LogP contribution is -2.47. The largest absolute Gasteiger partial charge is 0.497 e. The van der Waals surface area contributed by atoms with Crippen LogP contribution in [0.15, 0.2) is 33.9 Å². The van der Waals surface area contributed by atoms with Gasteiger partial charge in [0.2, 0.25) is 5.95 Å². The molecule has 0 atom stereocenters. The number of benzene rings is 1. The lowest BCUT2D eigenvalue weighted by atomic mass is 10.1. The van der Waals surface area contributed by atoms with E-state index >= 15 is 0 Å². The molecule has 2 aromatic heterocycles. The fourth-order valence-electron chi connectivity index (χ4n) is 4.86. The first kappa shape index (κ1) is 24.9. The van der Waals surface area contributed by atoms with Crippen LogP contribution in [-0.4, -0.2) is 52.4 Å². The molecule has 1 aromatic carbocycles. The molecule has 0 radical (unpaired) electrons. The summed E-state index contributed by atoms with van der Waals surface area (Å²) in [4.78, 5) is 36.9. The maximum Gasteiger partial charge on any atom is 0.329 e. The minimum absolute atomic E-state index is 0.360. The van der Waals surface area contributed by atoms with Crippen molar-refractivity contribution in [1.82, 2.24) is 19.1 Å². The molecule has 1 aliphatic heterocycles. The van der Waals surface area contributed by atoms with Gasteiger partial charge < -0.3 is 19.1 Å². The van der Waals surface area contributed by atoms with Crippen LogP contribution in [0.5, 0.6) is 5.75 Å². The molecule has 3 aromatic rings. The van der Waals surface area contributed by atoms with Crippen molar-refractivity contribution in [3.63, 3.8) is 0 Å². The van der Waals surface area contributed by atoms with Crippen LogP contribution in [0, 0.1) is 0 Å². The minimum atomic E-state index is -0.432. The van der Waals surface area contributed by atoms with Gasteiger partial charge in [0, 0.05) is 45.5 Å². The third kappa shape index (κ3) is 5.55. The first-order valence-electron chi connectivity index (χ1n) is 12.9. The summed E-state index contributed by atoms with van der Waals surface area (Å²) in [7, 11) is 3.34. The Hall–Kier alpha value is -3.23. The fraction of sp³-hybridized carbons (Fsp3) is 0.577. The number of piperazine rings is 1. The number of aromatic nitrogens is 4. The van der Waals surface area contributed by atoms with E-state index in [4.69, 9.17) is 9.72 Å². The van der Waals surface area contributed by atoms with Crippen LogP contribution in [0.4, 0.5) is 11.6 Å². The van der Waals surface area contributed by atoms with Gasteiger partial charge >= 0.3 is 5.69 Å². The number of aromatic amines is 1. The summed E-state index contributed by atoms with van der Waals surface area (Å²) < 4.78 is 8.75. The zero-order valence-corrected chi connectivity index (χ0v) is 21.3. The van der Waals surface area contributed by atoms with Crippen molar-refractivity contribution in [1.29, 1.82) is 0 Å². The normalized spacial score (nSPS) is 14.1. The number of rotatable bonds is 11. The van der Waals surface area contributed by atoms with E-state index in [2.05, 4.69) is 33.8 Å². The Bertz CT molecular complexity index is 1220. The SMILES string of the molecule is CCCCCCCCCn1c(N2CCN(c3ccc(OC)cc3)CC2)nc2c1c(=O)[nH]c(=O)n2C. The number of methoxy groups -OCH3 is 1. The van der Waals surface area contributed by atoms with Crippen LogP contribution in [0.1, 0.15) is 51.9 Å². The number of anilines is 2. The first-order chi connectivity index (χ1) is 17.0. The van der Waals surface area contributed by atoms with Crippen LogP contribution in [-0.2, 0) is 13.6 Å². The van der Waals surface area contributed by atoms with Crippen LogP contribution in [0.25, 0.3) is 11.2 Å². The highest BCUT2D eigenvalue weighted by molar-refractivity contribution is 5.74. The van der Waals surface area contributed by atoms with E-state index in [0.29, 0.717) is 11.2 Å². The molecule has 0 saturated carbocycles. The van der Waals surface area contributed by atoms with Crippen molar-refractivity contribution in [3.05, 3.63) is 45.1 Å². The summed E-state index contributed by atoms with van der Waals surface area (Å²) in [5.74, 6) is 1.63. The smallest absolute Gasteiger partial charge is 0.329 e. The number of unbranched alkanes of at least 4 members (excludes halogenated alkanes) is 6. The molecule has 1 aliphatic rings. The van der Waals surface area contributed by atoms with E-state index < -0.39 is 5.69 Å². The number of H-pyrrole nitrogens is 1. The van der Waals surface area contributed by atoms with Gasteiger partial charge in [-0.05, 0) is 30.7 Å². The standard InChI is InChI=1S/C26H38N6O3/c1-4-5-6-7-8-9-10-15-32-22-23(29(2)26(34)28-24(22)33)27-25(32)31-18-16-30(17-19-31)20-11-13-21(35-3)14-12-20/h11-14H,4-10,15-19H2,1-3H3,(H,28,33,34). The van der Waals surface area contributed by atoms with Crippen LogP contribution in [0.2, 0.25) is 0 Å². The Morgan fingerprint density at radius 3 is 2.20 bits per heavy atom. The average Bonchev–Trinajstić information content (AvgIpc) is 3.27.